The molecule has 1 N–H and O–H groups in total. The molecule has 1 fully saturated rings. The summed E-state index contributed by atoms with van der Waals surface area (Å²) in [5.41, 5.74) is 5.76. The van der Waals surface area contributed by atoms with Crippen LogP contribution < -0.4 is 5.32 Å². The van der Waals surface area contributed by atoms with E-state index in [1.54, 1.807) is 13.0 Å². The molecule has 0 spiro atoms. The number of imide groups is 1. The third-order valence-electron chi connectivity index (χ3n) is 4.87. The van der Waals surface area contributed by atoms with Gasteiger partial charge in [0.05, 0.1) is 0 Å². The van der Waals surface area contributed by atoms with E-state index >= 15 is 0 Å². The summed E-state index contributed by atoms with van der Waals surface area (Å²) in [6.07, 6.45) is 1.76. The Balaban J connectivity index is 1.98. The van der Waals surface area contributed by atoms with Crippen molar-refractivity contribution in [2.24, 2.45) is 0 Å². The van der Waals surface area contributed by atoms with E-state index in [0.717, 1.165) is 22.6 Å². The van der Waals surface area contributed by atoms with Crippen LogP contribution in [0.25, 0.3) is 11.8 Å². The van der Waals surface area contributed by atoms with E-state index in [1.165, 1.54) is 10.5 Å². The second-order valence-corrected chi connectivity index (χ2v) is 6.95. The number of carbonyl (C=O) groups excluding carboxylic acids is 2. The molecule has 5 heteroatoms. The molecule has 1 aliphatic rings. The van der Waals surface area contributed by atoms with Crippen LogP contribution in [-0.2, 0) is 4.79 Å². The number of rotatable bonds is 4. The van der Waals surface area contributed by atoms with E-state index in [1.807, 2.05) is 19.9 Å². The molecule has 2 heterocycles. The van der Waals surface area contributed by atoms with Crippen LogP contribution in [0.4, 0.5) is 4.79 Å². The number of nitrogens with one attached hydrogen (secondary N) is 1. The fourth-order valence-corrected chi connectivity index (χ4v) is 3.35. The molecule has 0 unspecified atom stereocenters. The number of likely N-dealkylation sites (N-methyl/N-ethyl adjacent to an activating group) is 1. The summed E-state index contributed by atoms with van der Waals surface area (Å²) in [6, 6.07) is 10.2. The summed E-state index contributed by atoms with van der Waals surface area (Å²) in [5, 5.41) is 2.66. The molecule has 3 amide bonds. The Kier molecular flexibility index (Phi) is 4.72. The first-order chi connectivity index (χ1) is 12.3. The van der Waals surface area contributed by atoms with Crippen LogP contribution in [0.5, 0.6) is 0 Å². The van der Waals surface area contributed by atoms with Gasteiger partial charge < -0.3 is 9.88 Å². The van der Waals surface area contributed by atoms with Gasteiger partial charge in [0.2, 0.25) is 0 Å². The number of hydrogen-bond acceptors (Lipinski definition) is 2. The number of carbonyl (C=O) groups is 2. The van der Waals surface area contributed by atoms with Gasteiger partial charge in [-0.15, -0.1) is 0 Å². The van der Waals surface area contributed by atoms with Crippen molar-refractivity contribution in [3.05, 3.63) is 58.5 Å². The summed E-state index contributed by atoms with van der Waals surface area (Å²) in [7, 11) is 0. The number of aromatic nitrogens is 1. The highest BCUT2D eigenvalue weighted by Gasteiger charge is 2.32. The maximum Gasteiger partial charge on any atom is 0.328 e. The maximum atomic E-state index is 12.3. The molecular weight excluding hydrogens is 326 g/mol. The average Bonchev–Trinajstić information content (AvgIpc) is 3.03. The minimum atomic E-state index is -0.359. The molecular formula is C21H25N3O2. The van der Waals surface area contributed by atoms with Gasteiger partial charge in [0.15, 0.2) is 0 Å². The fourth-order valence-electron chi connectivity index (χ4n) is 3.35. The Labute approximate surface area is 154 Å². The van der Waals surface area contributed by atoms with Crippen LogP contribution in [0.3, 0.4) is 0 Å². The van der Waals surface area contributed by atoms with Gasteiger partial charge in [0, 0.05) is 23.6 Å². The van der Waals surface area contributed by atoms with Gasteiger partial charge in [-0.25, -0.2) is 4.79 Å². The summed E-state index contributed by atoms with van der Waals surface area (Å²) in [6.45, 7) is 10.6. The number of urea groups is 1. The molecule has 0 aliphatic carbocycles. The molecule has 26 heavy (non-hydrogen) atoms. The lowest BCUT2D eigenvalue weighted by molar-refractivity contribution is -0.122. The van der Waals surface area contributed by atoms with Crippen LogP contribution in [0.2, 0.25) is 0 Å². The maximum absolute atomic E-state index is 12.3. The molecule has 0 atom stereocenters. The molecule has 0 radical (unpaired) electrons. The minimum absolute atomic E-state index is 0.274. The Bertz CT molecular complexity index is 889. The first-order valence-corrected chi connectivity index (χ1v) is 8.97. The number of aryl methyl sites for hydroxylation is 1. The molecule has 1 saturated heterocycles. The Hall–Kier alpha value is -2.82. The van der Waals surface area contributed by atoms with Crippen LogP contribution >= 0.6 is 0 Å². The standard InChI is InChI=1S/C21H25N3O2/c1-6-23-20(25)19(22-21(23)26)12-17-11-14(4)24(15(17)5)18-9-7-16(8-10-18)13(2)3/h7-13H,6H2,1-5H3,(H,22,26)/b19-12+. The van der Waals surface area contributed by atoms with Crippen molar-refractivity contribution < 1.29 is 9.59 Å². The largest absolute Gasteiger partial charge is 0.328 e. The summed E-state index contributed by atoms with van der Waals surface area (Å²) < 4.78 is 2.16. The van der Waals surface area contributed by atoms with Gasteiger partial charge in [-0.05, 0) is 62.1 Å². The van der Waals surface area contributed by atoms with E-state index in [-0.39, 0.29) is 11.9 Å². The quantitative estimate of drug-likeness (QED) is 0.665. The van der Waals surface area contributed by atoms with E-state index in [9.17, 15) is 9.59 Å². The number of amides is 3. The van der Waals surface area contributed by atoms with Crippen LogP contribution in [0.1, 0.15) is 49.2 Å². The van der Waals surface area contributed by atoms with Crippen molar-refractivity contribution >= 4 is 18.0 Å². The second-order valence-electron chi connectivity index (χ2n) is 6.95. The van der Waals surface area contributed by atoms with Gasteiger partial charge in [0.25, 0.3) is 5.91 Å². The molecule has 3 rings (SSSR count). The van der Waals surface area contributed by atoms with Crippen molar-refractivity contribution in [3.63, 3.8) is 0 Å². The first kappa shape index (κ1) is 18.0. The number of nitrogens with zero attached hydrogens (tertiary/aromatic N) is 2. The van der Waals surface area contributed by atoms with Crippen LogP contribution in [0.15, 0.2) is 36.0 Å². The van der Waals surface area contributed by atoms with Gasteiger partial charge in [-0.2, -0.15) is 0 Å². The third kappa shape index (κ3) is 3.05. The minimum Gasteiger partial charge on any atom is -0.318 e. The van der Waals surface area contributed by atoms with Crippen molar-refractivity contribution in [2.75, 3.05) is 6.54 Å². The van der Waals surface area contributed by atoms with E-state index in [0.29, 0.717) is 18.2 Å². The van der Waals surface area contributed by atoms with E-state index < -0.39 is 0 Å². The number of hydrogen-bond donors (Lipinski definition) is 1. The highest BCUT2D eigenvalue weighted by atomic mass is 16.2. The molecule has 5 nitrogen and oxygen atoms in total. The van der Waals surface area contributed by atoms with Gasteiger partial charge >= 0.3 is 6.03 Å². The zero-order valence-electron chi connectivity index (χ0n) is 16.0. The van der Waals surface area contributed by atoms with Crippen LogP contribution in [-0.4, -0.2) is 28.0 Å². The van der Waals surface area contributed by atoms with Gasteiger partial charge in [-0.1, -0.05) is 26.0 Å². The fraction of sp³-hybridized carbons (Fsp3) is 0.333. The van der Waals surface area contributed by atoms with Crippen molar-refractivity contribution in [1.29, 1.82) is 0 Å². The predicted octanol–water partition coefficient (Wildman–Crippen LogP) is 4.13. The third-order valence-corrected chi connectivity index (χ3v) is 4.87. The zero-order valence-corrected chi connectivity index (χ0v) is 16.0. The van der Waals surface area contributed by atoms with Gasteiger partial charge in [0.1, 0.15) is 5.70 Å². The Morgan fingerprint density at radius 2 is 1.77 bits per heavy atom. The first-order valence-electron chi connectivity index (χ1n) is 8.97. The molecule has 1 aromatic carbocycles. The lowest BCUT2D eigenvalue weighted by Gasteiger charge is -2.12. The molecule has 1 aliphatic heterocycles. The van der Waals surface area contributed by atoms with Gasteiger partial charge in [-0.3, -0.25) is 9.69 Å². The van der Waals surface area contributed by atoms with E-state index in [2.05, 4.69) is 48.0 Å². The second kappa shape index (κ2) is 6.83. The predicted molar refractivity (Wildman–Crippen MR) is 103 cm³/mol. The lowest BCUT2D eigenvalue weighted by Crippen LogP contribution is -2.30. The Morgan fingerprint density at radius 3 is 2.31 bits per heavy atom. The van der Waals surface area contributed by atoms with Crippen molar-refractivity contribution in [3.8, 4) is 5.69 Å². The smallest absolute Gasteiger partial charge is 0.318 e. The molecule has 1 aromatic heterocycles. The molecule has 0 bridgehead atoms. The van der Waals surface area contributed by atoms with Crippen molar-refractivity contribution in [1.82, 2.24) is 14.8 Å². The van der Waals surface area contributed by atoms with Crippen molar-refractivity contribution in [2.45, 2.75) is 40.5 Å². The molecule has 2 aromatic rings. The number of benzene rings is 1. The normalized spacial score (nSPS) is 16.1. The monoisotopic (exact) mass is 351 g/mol. The highest BCUT2D eigenvalue weighted by Crippen LogP contribution is 2.25. The SMILES string of the molecule is CCN1C(=O)N/C(=C/c2cc(C)n(-c3ccc(C(C)C)cc3)c2C)C1=O. The average molecular weight is 351 g/mol. The Morgan fingerprint density at radius 1 is 1.12 bits per heavy atom. The molecule has 0 saturated carbocycles. The summed E-state index contributed by atoms with van der Waals surface area (Å²) >= 11 is 0. The summed E-state index contributed by atoms with van der Waals surface area (Å²) in [4.78, 5) is 25.3. The molecule has 136 valence electrons. The topological polar surface area (TPSA) is 54.3 Å². The summed E-state index contributed by atoms with van der Waals surface area (Å²) in [5.74, 6) is 0.221. The van der Waals surface area contributed by atoms with Crippen LogP contribution in [0, 0.1) is 13.8 Å². The zero-order chi connectivity index (χ0) is 19.0. The highest BCUT2D eigenvalue weighted by molar-refractivity contribution is 6.14. The lowest BCUT2D eigenvalue weighted by atomic mass is 10.0. The van der Waals surface area contributed by atoms with E-state index in [4.69, 9.17) is 0 Å².